The zero-order chi connectivity index (χ0) is 33.9. The van der Waals surface area contributed by atoms with Gasteiger partial charge in [-0.05, 0) is 73.2 Å². The van der Waals surface area contributed by atoms with Gasteiger partial charge in [-0.15, -0.1) is 0 Å². The Kier molecular flexibility index (Phi) is 7.58. The van der Waals surface area contributed by atoms with Crippen LogP contribution in [0.4, 0.5) is 11.4 Å². The van der Waals surface area contributed by atoms with Crippen molar-refractivity contribution in [1.82, 2.24) is 0 Å². The second-order valence-electron chi connectivity index (χ2n) is 13.0. The summed E-state index contributed by atoms with van der Waals surface area (Å²) in [6.45, 7) is 5.62. The van der Waals surface area contributed by atoms with Gasteiger partial charge in [0.05, 0.1) is 48.8 Å². The van der Waals surface area contributed by atoms with E-state index >= 15 is 0 Å². The Hall–Kier alpha value is -5.44. The van der Waals surface area contributed by atoms with E-state index in [4.69, 9.17) is 9.47 Å². The minimum absolute atomic E-state index is 0.133. The molecule has 0 aromatic heterocycles. The molecule has 2 aliphatic carbocycles. The highest BCUT2D eigenvalue weighted by Crippen LogP contribution is 2.61. The molecule has 4 amide bonds. The first-order valence-corrected chi connectivity index (χ1v) is 16.0. The summed E-state index contributed by atoms with van der Waals surface area (Å²) in [6, 6.07) is 19.3. The summed E-state index contributed by atoms with van der Waals surface area (Å²) in [5.41, 5.74) is 2.24. The first kappa shape index (κ1) is 31.2. The van der Waals surface area contributed by atoms with Crippen LogP contribution in [0.15, 0.2) is 91.0 Å². The van der Waals surface area contributed by atoms with Crippen LogP contribution in [0.1, 0.15) is 30.9 Å². The van der Waals surface area contributed by atoms with Crippen LogP contribution in [0.25, 0.3) is 12.2 Å². The van der Waals surface area contributed by atoms with Crippen molar-refractivity contribution in [2.24, 2.45) is 35.0 Å². The van der Waals surface area contributed by atoms with Crippen LogP contribution in [0.3, 0.4) is 0 Å². The highest BCUT2D eigenvalue weighted by atomic mass is 16.5. The number of carbonyl (C=O) groups excluding carboxylic acids is 4. The van der Waals surface area contributed by atoms with E-state index in [0.29, 0.717) is 23.4 Å². The van der Waals surface area contributed by atoms with Gasteiger partial charge in [-0.2, -0.15) is 0 Å². The molecule has 244 valence electrons. The van der Waals surface area contributed by atoms with Crippen molar-refractivity contribution in [2.45, 2.75) is 19.8 Å². The molecule has 48 heavy (non-hydrogen) atoms. The zero-order valence-corrected chi connectivity index (χ0v) is 27.0. The predicted molar refractivity (Wildman–Crippen MR) is 181 cm³/mol. The van der Waals surface area contributed by atoms with Crippen LogP contribution in [0.2, 0.25) is 0 Å². The number of aromatic hydroxyl groups is 1. The maximum absolute atomic E-state index is 14.5. The lowest BCUT2D eigenvalue weighted by Gasteiger charge is -2.47. The first-order chi connectivity index (χ1) is 23.1. The van der Waals surface area contributed by atoms with Crippen LogP contribution < -0.4 is 19.3 Å². The maximum atomic E-state index is 14.5. The number of ether oxygens (including phenoxy) is 2. The van der Waals surface area contributed by atoms with Gasteiger partial charge in [0.1, 0.15) is 0 Å². The fourth-order valence-corrected chi connectivity index (χ4v) is 8.27. The summed E-state index contributed by atoms with van der Waals surface area (Å²) in [5, 5.41) is 10.5. The Morgan fingerprint density at radius 1 is 0.833 bits per heavy atom. The number of methoxy groups -OCH3 is 2. The molecular weight excluding hydrogens is 608 g/mol. The molecule has 3 fully saturated rings. The highest BCUT2D eigenvalue weighted by Gasteiger charge is 2.66. The molecule has 0 radical (unpaired) electrons. The smallest absolute Gasteiger partial charge is 0.241 e. The van der Waals surface area contributed by atoms with Crippen LogP contribution in [0, 0.1) is 35.0 Å². The van der Waals surface area contributed by atoms with E-state index in [0.717, 1.165) is 11.1 Å². The van der Waals surface area contributed by atoms with Gasteiger partial charge in [0, 0.05) is 5.92 Å². The van der Waals surface area contributed by atoms with Gasteiger partial charge in [-0.1, -0.05) is 66.8 Å². The molecule has 2 aliphatic heterocycles. The molecule has 6 atom stereocenters. The third-order valence-electron chi connectivity index (χ3n) is 10.7. The number of nitrogens with zero attached hydrogens (tertiary/aromatic N) is 2. The van der Waals surface area contributed by atoms with E-state index in [-0.39, 0.29) is 47.3 Å². The minimum Gasteiger partial charge on any atom is -0.502 e. The number of hydrogen-bond donors (Lipinski definition) is 1. The summed E-state index contributed by atoms with van der Waals surface area (Å²) in [6.07, 6.45) is 8.06. The Labute approximate surface area is 278 Å². The van der Waals surface area contributed by atoms with Crippen LogP contribution in [-0.4, -0.2) is 43.0 Å². The van der Waals surface area contributed by atoms with Crippen LogP contribution >= 0.6 is 0 Å². The minimum atomic E-state index is -1.16. The maximum Gasteiger partial charge on any atom is 0.241 e. The number of phenols is 1. The third kappa shape index (κ3) is 4.52. The molecule has 2 heterocycles. The molecule has 1 N–H and O–H groups in total. The molecule has 0 unspecified atom stereocenters. The van der Waals surface area contributed by atoms with Gasteiger partial charge in [0.25, 0.3) is 0 Å². The van der Waals surface area contributed by atoms with Gasteiger partial charge >= 0.3 is 0 Å². The molecule has 3 aromatic rings. The molecule has 0 spiro atoms. The number of imide groups is 2. The van der Waals surface area contributed by atoms with Crippen LogP contribution in [-0.2, 0) is 19.2 Å². The fraction of sp³-hybridized carbons (Fsp3) is 0.282. The molecular formula is C39H36N2O7. The Bertz CT molecular complexity index is 1890. The van der Waals surface area contributed by atoms with Gasteiger partial charge in [0.2, 0.25) is 29.4 Å². The second-order valence-corrected chi connectivity index (χ2v) is 13.0. The quantitative estimate of drug-likeness (QED) is 0.247. The standard InChI is InChI=1S/C39H36N2O7/c1-5-22-11-14-25(15-12-22)40-35(43)27-17-16-26-28(33(27)37(40)45)21-30-36(44)41(24-9-7-6-8-10-24)38(46)39(30,2)29(26)18-13-23-19-31(47-3)34(42)32(20-23)48-4/h5-16,18-20,27-30,33,42H,1,17,21H2,2-4H3/t27-,28+,29-,30-,33-,39-/m0/s1. The number of carbonyl (C=O) groups is 4. The third-order valence-corrected chi connectivity index (χ3v) is 10.7. The Morgan fingerprint density at radius 2 is 1.48 bits per heavy atom. The van der Waals surface area contributed by atoms with E-state index in [1.54, 1.807) is 54.6 Å². The van der Waals surface area contributed by atoms with Gasteiger partial charge in [0.15, 0.2) is 11.5 Å². The summed E-state index contributed by atoms with van der Waals surface area (Å²) < 4.78 is 10.7. The van der Waals surface area contributed by atoms with Crippen molar-refractivity contribution >= 4 is 47.2 Å². The Morgan fingerprint density at radius 3 is 2.10 bits per heavy atom. The van der Waals surface area contributed by atoms with E-state index in [1.165, 1.54) is 24.0 Å². The largest absolute Gasteiger partial charge is 0.502 e. The SMILES string of the molecule is C=Cc1ccc(N2C(=O)[C@H]3[C@H](CC=C4[C@H]3C[C@H]3C(=O)N(c5ccccc5)C(=O)[C@@]3(C)[C@H]4C=Cc3cc(OC)c(O)c(OC)c3)C2=O)cc1. The predicted octanol–water partition coefficient (Wildman–Crippen LogP) is 6.03. The van der Waals surface area contributed by atoms with E-state index in [9.17, 15) is 24.3 Å². The number of phenolic OH excluding ortho intramolecular Hbond substituents is 1. The molecule has 9 heteroatoms. The van der Waals surface area contributed by atoms with Gasteiger partial charge in [-0.3, -0.25) is 24.1 Å². The highest BCUT2D eigenvalue weighted by molar-refractivity contribution is 6.25. The van der Waals surface area contributed by atoms with Crippen molar-refractivity contribution in [2.75, 3.05) is 24.0 Å². The zero-order valence-electron chi connectivity index (χ0n) is 27.0. The van der Waals surface area contributed by atoms with Crippen molar-refractivity contribution in [1.29, 1.82) is 0 Å². The summed E-state index contributed by atoms with van der Waals surface area (Å²) in [5.74, 6) is -3.81. The number of allylic oxidation sites excluding steroid dienone is 3. The normalized spacial score (nSPS) is 27.9. The average molecular weight is 645 g/mol. The monoisotopic (exact) mass is 644 g/mol. The molecule has 0 bridgehead atoms. The number of hydrogen-bond acceptors (Lipinski definition) is 7. The summed E-state index contributed by atoms with van der Waals surface area (Å²) in [4.78, 5) is 59.4. The van der Waals surface area contributed by atoms with Crippen LogP contribution in [0.5, 0.6) is 17.2 Å². The second kappa shape index (κ2) is 11.7. The topological polar surface area (TPSA) is 113 Å². The van der Waals surface area contributed by atoms with Crippen molar-refractivity contribution in [3.05, 3.63) is 102 Å². The number of amides is 4. The van der Waals surface area contributed by atoms with E-state index in [2.05, 4.69) is 6.58 Å². The lowest BCUT2D eigenvalue weighted by molar-refractivity contribution is -0.132. The van der Waals surface area contributed by atoms with E-state index in [1.807, 2.05) is 43.4 Å². The molecule has 9 nitrogen and oxygen atoms in total. The number of para-hydroxylation sites is 1. The molecule has 7 rings (SSSR count). The molecule has 1 saturated carbocycles. The van der Waals surface area contributed by atoms with Crippen molar-refractivity contribution in [3.8, 4) is 17.2 Å². The summed E-state index contributed by atoms with van der Waals surface area (Å²) >= 11 is 0. The fourth-order valence-electron chi connectivity index (χ4n) is 8.27. The first-order valence-electron chi connectivity index (χ1n) is 16.0. The van der Waals surface area contributed by atoms with Gasteiger partial charge in [-0.25, -0.2) is 4.90 Å². The average Bonchev–Trinajstić information content (AvgIpc) is 3.48. The Balaban J connectivity index is 1.33. The number of benzene rings is 3. The summed E-state index contributed by atoms with van der Waals surface area (Å²) in [7, 11) is 2.89. The van der Waals surface area contributed by atoms with Crippen molar-refractivity contribution in [3.63, 3.8) is 0 Å². The number of anilines is 2. The molecule has 3 aromatic carbocycles. The van der Waals surface area contributed by atoms with Crippen molar-refractivity contribution < 1.29 is 33.8 Å². The number of rotatable bonds is 7. The molecule has 2 saturated heterocycles. The lowest BCUT2D eigenvalue weighted by Crippen LogP contribution is -2.49. The van der Waals surface area contributed by atoms with Gasteiger partial charge < -0.3 is 14.6 Å². The van der Waals surface area contributed by atoms with E-state index < -0.39 is 35.0 Å². The molecule has 4 aliphatic rings. The lowest BCUT2D eigenvalue weighted by atomic mass is 9.52. The number of fused-ring (bicyclic) bond motifs is 4.